The van der Waals surface area contributed by atoms with E-state index in [1.165, 1.54) is 16.7 Å². The monoisotopic (exact) mass is 606 g/mol. The summed E-state index contributed by atoms with van der Waals surface area (Å²) in [7, 11) is 4.28. The zero-order valence-electron chi connectivity index (χ0n) is 25.8. The molecule has 3 aromatic carbocycles. The van der Waals surface area contributed by atoms with Gasteiger partial charge in [0.2, 0.25) is 5.95 Å². The van der Waals surface area contributed by atoms with Gasteiger partial charge in [0.15, 0.2) is 0 Å². The van der Waals surface area contributed by atoms with E-state index in [1.54, 1.807) is 11.1 Å². The Morgan fingerprint density at radius 2 is 1.72 bits per heavy atom. The van der Waals surface area contributed by atoms with Crippen LogP contribution in [0.15, 0.2) is 103 Å². The van der Waals surface area contributed by atoms with Crippen LogP contribution in [0.2, 0.25) is 0 Å². The third-order valence-electron chi connectivity index (χ3n) is 9.05. The smallest absolute Gasteiger partial charge is 0.324 e. The topological polar surface area (TPSA) is 90.7 Å². The van der Waals surface area contributed by atoms with Gasteiger partial charge in [-0.1, -0.05) is 42.5 Å². The van der Waals surface area contributed by atoms with Gasteiger partial charge >= 0.3 is 6.03 Å². The Morgan fingerprint density at radius 3 is 2.63 bits per heavy atom. The third kappa shape index (κ3) is 5.14. The molecule has 0 fully saturated rings. The van der Waals surface area contributed by atoms with Gasteiger partial charge in [-0.25, -0.2) is 19.7 Å². The van der Waals surface area contributed by atoms with Crippen molar-refractivity contribution < 1.29 is 4.79 Å². The molecule has 0 saturated carbocycles. The predicted molar refractivity (Wildman–Crippen MR) is 183 cm³/mol. The number of pyridine rings is 1. The second-order valence-electron chi connectivity index (χ2n) is 12.2. The lowest BCUT2D eigenvalue weighted by Gasteiger charge is -2.18. The molecule has 228 valence electrons. The van der Waals surface area contributed by atoms with Gasteiger partial charge in [-0.15, -0.1) is 0 Å². The van der Waals surface area contributed by atoms with Crippen LogP contribution >= 0.6 is 0 Å². The quantitative estimate of drug-likeness (QED) is 0.216. The maximum atomic E-state index is 13.3. The Balaban J connectivity index is 1.10. The number of rotatable bonds is 6. The number of aromatic nitrogens is 4. The number of para-hydroxylation sites is 1. The highest BCUT2D eigenvalue weighted by Crippen LogP contribution is 2.35. The number of carbonyl (C=O) groups excluding carboxylic acids is 1. The summed E-state index contributed by atoms with van der Waals surface area (Å²) in [5, 5.41) is 6.54. The molecule has 8 rings (SSSR count). The zero-order chi connectivity index (χ0) is 31.2. The third-order valence-corrected chi connectivity index (χ3v) is 9.05. The lowest BCUT2D eigenvalue weighted by Crippen LogP contribution is -2.33. The van der Waals surface area contributed by atoms with Gasteiger partial charge in [-0.2, -0.15) is 0 Å². The van der Waals surface area contributed by atoms with Crippen LogP contribution in [0.25, 0.3) is 28.3 Å². The van der Waals surface area contributed by atoms with Crippen LogP contribution in [0.5, 0.6) is 0 Å². The molecule has 2 aliphatic rings. The Morgan fingerprint density at radius 1 is 0.848 bits per heavy atom. The van der Waals surface area contributed by atoms with E-state index < -0.39 is 0 Å². The molecular weight excluding hydrogens is 572 g/mol. The minimum absolute atomic E-state index is 0.146. The fraction of sp³-hybridized carbons (Fsp3) is 0.189. The van der Waals surface area contributed by atoms with E-state index in [0.717, 1.165) is 58.9 Å². The van der Waals surface area contributed by atoms with Gasteiger partial charge in [-0.3, -0.25) is 9.30 Å². The summed E-state index contributed by atoms with van der Waals surface area (Å²) in [6, 6.07) is 30.7. The zero-order valence-corrected chi connectivity index (χ0v) is 25.8. The number of nitrogens with zero attached hydrogens (tertiary/aromatic N) is 6. The Bertz CT molecular complexity index is 2100. The number of hydrogen-bond acceptors (Lipinski definition) is 6. The summed E-state index contributed by atoms with van der Waals surface area (Å²) >= 11 is 0. The molecule has 4 heterocycles. The van der Waals surface area contributed by atoms with Crippen LogP contribution in [0.3, 0.4) is 0 Å². The van der Waals surface area contributed by atoms with E-state index >= 15 is 0 Å². The number of hydrogen-bond donors (Lipinski definition) is 2. The standard InChI is InChI=1S/C37H34N8O/c1-43(2)30-22-25-13-14-29(21-27(25)23-30)39-36-38-17-15-31(41-36)35-34(42-33-12-5-6-18-45(33)35)26-9-7-10-28(20-26)40-37(46)44-19-16-24-8-3-4-11-32(24)44/h3-15,17-18,20-21,30H,16,19,22-23H2,1-2H3,(H,40,46)(H,38,39,41). The van der Waals surface area contributed by atoms with Gasteiger partial charge in [-0.05, 0) is 98.6 Å². The van der Waals surface area contributed by atoms with Crippen molar-refractivity contribution in [1.29, 1.82) is 0 Å². The molecule has 0 bridgehead atoms. The van der Waals surface area contributed by atoms with Crippen molar-refractivity contribution in [2.45, 2.75) is 25.3 Å². The fourth-order valence-electron chi connectivity index (χ4n) is 6.64. The van der Waals surface area contributed by atoms with Crippen molar-refractivity contribution >= 4 is 34.7 Å². The fourth-order valence-corrected chi connectivity index (χ4v) is 6.64. The number of carbonyl (C=O) groups is 1. The second kappa shape index (κ2) is 11.4. The summed E-state index contributed by atoms with van der Waals surface area (Å²) < 4.78 is 2.05. The molecule has 1 atom stereocenters. The van der Waals surface area contributed by atoms with E-state index in [4.69, 9.17) is 9.97 Å². The predicted octanol–water partition coefficient (Wildman–Crippen LogP) is 6.83. The summed E-state index contributed by atoms with van der Waals surface area (Å²) in [6.45, 7) is 0.660. The molecule has 2 N–H and O–H groups in total. The molecular formula is C37H34N8O. The molecule has 3 aromatic heterocycles. The summed E-state index contributed by atoms with van der Waals surface area (Å²) in [6.07, 6.45) is 6.73. The van der Waals surface area contributed by atoms with Crippen LogP contribution in [0.1, 0.15) is 16.7 Å². The van der Waals surface area contributed by atoms with Crippen molar-refractivity contribution in [1.82, 2.24) is 24.3 Å². The number of benzene rings is 3. The van der Waals surface area contributed by atoms with Crippen molar-refractivity contribution in [3.8, 4) is 22.6 Å². The summed E-state index contributed by atoms with van der Waals surface area (Å²) in [5.41, 5.74) is 10.6. The molecule has 9 heteroatoms. The van der Waals surface area contributed by atoms with Crippen LogP contribution in [-0.2, 0) is 19.3 Å². The number of amides is 2. The average molecular weight is 607 g/mol. The highest BCUT2D eigenvalue weighted by Gasteiger charge is 2.25. The Hall–Kier alpha value is -5.54. The maximum Gasteiger partial charge on any atom is 0.326 e. The number of urea groups is 1. The first-order chi connectivity index (χ1) is 22.5. The molecule has 0 saturated heterocycles. The second-order valence-corrected chi connectivity index (χ2v) is 12.2. The minimum Gasteiger partial charge on any atom is -0.324 e. The molecule has 1 unspecified atom stereocenters. The number of anilines is 4. The van der Waals surface area contributed by atoms with Crippen LogP contribution in [0.4, 0.5) is 27.8 Å². The molecule has 1 aliphatic carbocycles. The van der Waals surface area contributed by atoms with E-state index in [0.29, 0.717) is 24.2 Å². The van der Waals surface area contributed by atoms with Crippen molar-refractivity contribution in [2.75, 3.05) is 36.2 Å². The number of likely N-dealkylation sites (N-methyl/N-ethyl adjacent to an activating group) is 1. The lowest BCUT2D eigenvalue weighted by molar-refractivity contribution is 0.257. The van der Waals surface area contributed by atoms with E-state index in [-0.39, 0.29) is 6.03 Å². The van der Waals surface area contributed by atoms with Crippen molar-refractivity contribution in [2.24, 2.45) is 0 Å². The minimum atomic E-state index is -0.146. The van der Waals surface area contributed by atoms with Crippen LogP contribution in [-0.4, -0.2) is 57.0 Å². The number of fused-ring (bicyclic) bond motifs is 3. The molecule has 2 amide bonds. The van der Waals surface area contributed by atoms with Crippen LogP contribution < -0.4 is 15.5 Å². The first kappa shape index (κ1) is 28.0. The number of nitrogens with one attached hydrogen (secondary N) is 2. The van der Waals surface area contributed by atoms with Crippen LogP contribution in [0, 0.1) is 0 Å². The van der Waals surface area contributed by atoms with E-state index in [2.05, 4.69) is 58.9 Å². The van der Waals surface area contributed by atoms with Gasteiger partial charge in [0.1, 0.15) is 5.65 Å². The normalized spacial score (nSPS) is 15.3. The van der Waals surface area contributed by atoms with Gasteiger partial charge in [0.25, 0.3) is 0 Å². The van der Waals surface area contributed by atoms with E-state index in [9.17, 15) is 4.79 Å². The van der Waals surface area contributed by atoms with Gasteiger partial charge in [0.05, 0.1) is 17.1 Å². The Kier molecular flexibility index (Phi) is 6.95. The average Bonchev–Trinajstić information content (AvgIpc) is 3.80. The largest absolute Gasteiger partial charge is 0.326 e. The molecule has 6 aromatic rings. The van der Waals surface area contributed by atoms with E-state index in [1.807, 2.05) is 77.3 Å². The van der Waals surface area contributed by atoms with Crippen molar-refractivity contribution in [3.63, 3.8) is 0 Å². The summed E-state index contributed by atoms with van der Waals surface area (Å²) in [4.78, 5) is 31.9. The number of imidazole rings is 1. The SMILES string of the molecule is CN(C)C1Cc2ccc(Nc3nccc(-c4c(-c5cccc(NC(=O)N6CCc7ccccc76)c5)nc5ccccn45)n3)cc2C1. The highest BCUT2D eigenvalue weighted by atomic mass is 16.2. The molecule has 9 nitrogen and oxygen atoms in total. The molecule has 46 heavy (non-hydrogen) atoms. The first-order valence-electron chi connectivity index (χ1n) is 15.6. The van der Waals surface area contributed by atoms with Gasteiger partial charge < -0.3 is 15.5 Å². The Labute approximate surface area is 267 Å². The maximum absolute atomic E-state index is 13.3. The first-order valence-corrected chi connectivity index (χ1v) is 15.6. The molecule has 0 spiro atoms. The molecule has 1 aliphatic heterocycles. The molecule has 0 radical (unpaired) electrons. The van der Waals surface area contributed by atoms with Crippen molar-refractivity contribution in [3.05, 3.63) is 120 Å². The highest BCUT2D eigenvalue weighted by molar-refractivity contribution is 6.03. The lowest BCUT2D eigenvalue weighted by atomic mass is 10.1. The summed E-state index contributed by atoms with van der Waals surface area (Å²) in [5.74, 6) is 0.517. The van der Waals surface area contributed by atoms with Gasteiger partial charge in [0, 0.05) is 47.6 Å².